The Morgan fingerprint density at radius 3 is 2.20 bits per heavy atom. The summed E-state index contributed by atoms with van der Waals surface area (Å²) < 4.78 is 5.22. The number of hydrogen-bond acceptors (Lipinski definition) is 5. The average Bonchev–Trinajstić information content (AvgIpc) is 2.48. The van der Waals surface area contributed by atoms with E-state index in [2.05, 4.69) is 5.32 Å². The Bertz CT molecular complexity index is 529. The second-order valence-electron chi connectivity index (χ2n) is 6.67. The predicted octanol–water partition coefficient (Wildman–Crippen LogP) is 1.06. The second-order valence-corrected chi connectivity index (χ2v) is 6.67. The molecule has 7 nitrogen and oxygen atoms in total. The number of nitrogens with zero attached hydrogens (tertiary/aromatic N) is 1. The van der Waals surface area contributed by atoms with Crippen molar-refractivity contribution in [2.24, 2.45) is 0 Å². The Morgan fingerprint density at radius 2 is 1.68 bits per heavy atom. The Morgan fingerprint density at radius 1 is 1.08 bits per heavy atom. The number of ether oxygens (including phenoxy) is 1. The van der Waals surface area contributed by atoms with Gasteiger partial charge < -0.3 is 15.0 Å². The Balaban J connectivity index is 4.47. The summed E-state index contributed by atoms with van der Waals surface area (Å²) in [6, 6.07) is 0. The van der Waals surface area contributed by atoms with Crippen molar-refractivity contribution in [1.82, 2.24) is 10.2 Å². The Labute approximate surface area is 149 Å². The smallest absolute Gasteiger partial charge is 0.308 e. The summed E-state index contributed by atoms with van der Waals surface area (Å²) in [5.74, 6) is 0.797. The molecule has 0 spiro atoms. The molecule has 0 aliphatic heterocycles. The molecule has 0 heterocycles. The van der Waals surface area contributed by atoms with Gasteiger partial charge in [0.1, 0.15) is 11.4 Å². The van der Waals surface area contributed by atoms with Gasteiger partial charge in [0.15, 0.2) is 0 Å². The van der Waals surface area contributed by atoms with E-state index in [1.54, 1.807) is 20.8 Å². The summed E-state index contributed by atoms with van der Waals surface area (Å²) in [5, 5.41) is 2.48. The number of hydrogen-bond donors (Lipinski definition) is 1. The van der Waals surface area contributed by atoms with Gasteiger partial charge in [-0.15, -0.1) is 6.42 Å². The van der Waals surface area contributed by atoms with Crippen LogP contribution in [-0.4, -0.2) is 53.7 Å². The lowest BCUT2D eigenvalue weighted by Crippen LogP contribution is -2.36. The third kappa shape index (κ3) is 12.7. The van der Waals surface area contributed by atoms with Gasteiger partial charge in [0.05, 0.1) is 6.42 Å². The molecule has 0 aromatic rings. The highest BCUT2D eigenvalue weighted by Crippen LogP contribution is 2.09. The third-order valence-corrected chi connectivity index (χ3v) is 3.08. The van der Waals surface area contributed by atoms with Crippen molar-refractivity contribution in [3.8, 4) is 12.3 Å². The van der Waals surface area contributed by atoms with Crippen LogP contribution < -0.4 is 5.32 Å². The van der Waals surface area contributed by atoms with E-state index in [1.807, 2.05) is 5.92 Å². The molecule has 140 valence electrons. The molecule has 0 bridgehead atoms. The van der Waals surface area contributed by atoms with E-state index in [0.717, 1.165) is 0 Å². The molecule has 0 radical (unpaired) electrons. The second kappa shape index (κ2) is 11.2. The summed E-state index contributed by atoms with van der Waals surface area (Å²) in [6.45, 7) is 7.51. The standard InChI is InChI=1S/C18H28N2O5/c1-6-15(22)19-11-7-8-16(23)20(12-9-14(2)21)13-10-17(24)25-18(3,4)5/h1H,7-13H2,2-5H3,(H,19,22). The van der Waals surface area contributed by atoms with E-state index in [9.17, 15) is 19.2 Å². The largest absolute Gasteiger partial charge is 0.460 e. The zero-order valence-corrected chi connectivity index (χ0v) is 15.5. The SMILES string of the molecule is C#CC(=O)NCCCC(=O)N(CCC(C)=O)CCC(=O)OC(C)(C)C. The molecule has 0 unspecified atom stereocenters. The van der Waals surface area contributed by atoms with Crippen molar-refractivity contribution < 1.29 is 23.9 Å². The fourth-order valence-electron chi connectivity index (χ4n) is 1.92. The lowest BCUT2D eigenvalue weighted by atomic mass is 10.2. The number of nitrogens with one attached hydrogen (secondary N) is 1. The van der Waals surface area contributed by atoms with E-state index in [-0.39, 0.29) is 44.0 Å². The lowest BCUT2D eigenvalue weighted by molar-refractivity contribution is -0.155. The first kappa shape index (κ1) is 22.6. The maximum atomic E-state index is 12.3. The summed E-state index contributed by atoms with van der Waals surface area (Å²) in [4.78, 5) is 47.7. The first-order chi connectivity index (χ1) is 11.5. The van der Waals surface area contributed by atoms with E-state index >= 15 is 0 Å². The highest BCUT2D eigenvalue weighted by atomic mass is 16.6. The van der Waals surface area contributed by atoms with Crippen LogP contribution in [-0.2, 0) is 23.9 Å². The Hall–Kier alpha value is -2.36. The van der Waals surface area contributed by atoms with Gasteiger partial charge in [-0.25, -0.2) is 0 Å². The van der Waals surface area contributed by atoms with Crippen LogP contribution in [0.1, 0.15) is 53.4 Å². The summed E-state index contributed by atoms with van der Waals surface area (Å²) in [5.41, 5.74) is -0.583. The van der Waals surface area contributed by atoms with Gasteiger partial charge >= 0.3 is 5.97 Å². The van der Waals surface area contributed by atoms with Gasteiger partial charge in [-0.1, -0.05) is 0 Å². The van der Waals surface area contributed by atoms with Gasteiger partial charge in [0.25, 0.3) is 5.91 Å². The number of Topliss-reactive ketones (excluding diaryl/α,β-unsaturated/α-hetero) is 1. The molecule has 0 aliphatic rings. The van der Waals surface area contributed by atoms with Gasteiger partial charge in [-0.2, -0.15) is 0 Å². The number of carbonyl (C=O) groups excluding carboxylic acids is 4. The average molecular weight is 352 g/mol. The number of rotatable bonds is 10. The lowest BCUT2D eigenvalue weighted by Gasteiger charge is -2.24. The molecule has 0 saturated heterocycles. The van der Waals surface area contributed by atoms with E-state index < -0.39 is 17.5 Å². The molecule has 0 rings (SSSR count). The first-order valence-corrected chi connectivity index (χ1v) is 8.28. The molecule has 0 fully saturated rings. The molecule has 2 amide bonds. The van der Waals surface area contributed by atoms with Crippen molar-refractivity contribution in [2.45, 2.75) is 59.0 Å². The minimum atomic E-state index is -0.583. The van der Waals surface area contributed by atoms with Crippen molar-refractivity contribution in [3.05, 3.63) is 0 Å². The summed E-state index contributed by atoms with van der Waals surface area (Å²) >= 11 is 0. The van der Waals surface area contributed by atoms with Crippen LogP contribution in [0.2, 0.25) is 0 Å². The van der Waals surface area contributed by atoms with Crippen LogP contribution >= 0.6 is 0 Å². The van der Waals surface area contributed by atoms with Crippen LogP contribution in [0.4, 0.5) is 0 Å². The van der Waals surface area contributed by atoms with Crippen LogP contribution in [0.25, 0.3) is 0 Å². The van der Waals surface area contributed by atoms with Crippen LogP contribution in [0, 0.1) is 12.3 Å². The summed E-state index contributed by atoms with van der Waals surface area (Å²) in [7, 11) is 0. The molecule has 0 atom stereocenters. The quantitative estimate of drug-likeness (QED) is 0.360. The molecule has 0 aromatic heterocycles. The maximum absolute atomic E-state index is 12.3. The minimum absolute atomic E-state index is 0.0312. The van der Waals surface area contributed by atoms with Crippen LogP contribution in [0.5, 0.6) is 0 Å². The zero-order valence-electron chi connectivity index (χ0n) is 15.5. The third-order valence-electron chi connectivity index (χ3n) is 3.08. The Kier molecular flexibility index (Phi) is 10.2. The normalized spacial score (nSPS) is 10.5. The van der Waals surface area contributed by atoms with E-state index in [0.29, 0.717) is 13.0 Å². The molecule has 0 saturated carbocycles. The van der Waals surface area contributed by atoms with Crippen molar-refractivity contribution in [2.75, 3.05) is 19.6 Å². The van der Waals surface area contributed by atoms with E-state index in [4.69, 9.17) is 11.2 Å². The van der Waals surface area contributed by atoms with Crippen molar-refractivity contribution >= 4 is 23.6 Å². The number of esters is 1. The first-order valence-electron chi connectivity index (χ1n) is 8.28. The highest BCUT2D eigenvalue weighted by Gasteiger charge is 2.19. The van der Waals surface area contributed by atoms with Gasteiger partial charge in [-0.05, 0) is 40.0 Å². The number of carbonyl (C=O) groups is 4. The number of amides is 2. The molecule has 0 aliphatic carbocycles. The van der Waals surface area contributed by atoms with Crippen LogP contribution in [0.3, 0.4) is 0 Å². The summed E-state index contributed by atoms with van der Waals surface area (Å²) in [6.07, 6.45) is 5.84. The van der Waals surface area contributed by atoms with Gasteiger partial charge in [-0.3, -0.25) is 19.2 Å². The maximum Gasteiger partial charge on any atom is 0.308 e. The van der Waals surface area contributed by atoms with Gasteiger partial charge in [0, 0.05) is 32.5 Å². The molecule has 0 aromatic carbocycles. The monoisotopic (exact) mass is 352 g/mol. The van der Waals surface area contributed by atoms with Crippen molar-refractivity contribution in [3.63, 3.8) is 0 Å². The molecule has 1 N–H and O–H groups in total. The van der Waals surface area contributed by atoms with Gasteiger partial charge in [0.2, 0.25) is 5.91 Å². The number of ketones is 1. The highest BCUT2D eigenvalue weighted by molar-refractivity contribution is 5.92. The molecular formula is C18H28N2O5. The fourth-order valence-corrected chi connectivity index (χ4v) is 1.92. The number of terminal acetylenes is 1. The fraction of sp³-hybridized carbons (Fsp3) is 0.667. The molecule has 7 heteroatoms. The molecular weight excluding hydrogens is 324 g/mol. The predicted molar refractivity (Wildman–Crippen MR) is 93.4 cm³/mol. The minimum Gasteiger partial charge on any atom is -0.460 e. The topological polar surface area (TPSA) is 92.8 Å². The van der Waals surface area contributed by atoms with E-state index in [1.165, 1.54) is 11.8 Å². The van der Waals surface area contributed by atoms with Crippen LogP contribution in [0.15, 0.2) is 0 Å². The van der Waals surface area contributed by atoms with Crippen molar-refractivity contribution in [1.29, 1.82) is 0 Å². The zero-order chi connectivity index (χ0) is 19.5. The molecule has 25 heavy (non-hydrogen) atoms.